The third-order valence-corrected chi connectivity index (χ3v) is 5.28. The highest BCUT2D eigenvalue weighted by Gasteiger charge is 2.16. The van der Waals surface area contributed by atoms with Crippen LogP contribution in [0.5, 0.6) is 0 Å². The Kier molecular flexibility index (Phi) is 4.26. The molecule has 0 saturated heterocycles. The monoisotopic (exact) mass is 355 g/mol. The van der Waals surface area contributed by atoms with Crippen LogP contribution in [0.2, 0.25) is 0 Å². The first-order chi connectivity index (χ1) is 11.8. The van der Waals surface area contributed by atoms with Gasteiger partial charge in [-0.1, -0.05) is 19.1 Å². The van der Waals surface area contributed by atoms with Crippen molar-refractivity contribution in [3.05, 3.63) is 65.6 Å². The Morgan fingerprint density at radius 1 is 1.08 bits per heavy atom. The fourth-order valence-electron chi connectivity index (χ4n) is 2.70. The average molecular weight is 355 g/mol. The van der Waals surface area contributed by atoms with Crippen LogP contribution in [0.1, 0.15) is 34.5 Å². The largest absolute Gasteiger partial charge is 0.364 e. The molecule has 2 aromatic heterocycles. The first kappa shape index (κ1) is 17.0. The second kappa shape index (κ2) is 6.25. The molecule has 0 saturated carbocycles. The highest BCUT2D eigenvalue weighted by atomic mass is 32.2. The van der Waals surface area contributed by atoms with Gasteiger partial charge in [0.15, 0.2) is 9.84 Å². The molecule has 0 aliphatic heterocycles. The summed E-state index contributed by atoms with van der Waals surface area (Å²) in [6.07, 6.45) is 4.56. The lowest BCUT2D eigenvalue weighted by atomic mass is 9.93. The van der Waals surface area contributed by atoms with Gasteiger partial charge in [0.1, 0.15) is 5.69 Å². The van der Waals surface area contributed by atoms with Crippen LogP contribution in [0.15, 0.2) is 53.7 Å². The number of benzene rings is 1. The number of hydrogen-bond acceptors (Lipinski definition) is 5. The van der Waals surface area contributed by atoms with Crippen molar-refractivity contribution in [2.75, 3.05) is 6.26 Å². The molecule has 1 aromatic carbocycles. The zero-order valence-corrected chi connectivity index (χ0v) is 14.6. The maximum absolute atomic E-state index is 11.6. The Balaban J connectivity index is 2.09. The molecular formula is C18H17N3O3S. The Morgan fingerprint density at radius 2 is 1.76 bits per heavy atom. The van der Waals surface area contributed by atoms with Gasteiger partial charge in [-0.3, -0.25) is 9.78 Å². The normalized spacial score (nSPS) is 12.9. The molecule has 7 heteroatoms. The number of amides is 1. The summed E-state index contributed by atoms with van der Waals surface area (Å²) < 4.78 is 23.2. The van der Waals surface area contributed by atoms with Crippen LogP contribution in [0.25, 0.3) is 10.9 Å². The van der Waals surface area contributed by atoms with Crippen molar-refractivity contribution in [1.29, 1.82) is 0 Å². The fourth-order valence-corrected chi connectivity index (χ4v) is 3.33. The van der Waals surface area contributed by atoms with Crippen LogP contribution in [-0.2, 0) is 9.84 Å². The summed E-state index contributed by atoms with van der Waals surface area (Å²) in [6.45, 7) is 1.98. The molecule has 128 valence electrons. The van der Waals surface area contributed by atoms with Crippen molar-refractivity contribution in [3.8, 4) is 0 Å². The van der Waals surface area contributed by atoms with E-state index in [4.69, 9.17) is 5.73 Å². The first-order valence-corrected chi connectivity index (χ1v) is 9.51. The fraction of sp³-hybridized carbons (Fsp3) is 0.167. The number of aromatic nitrogens is 2. The van der Waals surface area contributed by atoms with E-state index >= 15 is 0 Å². The molecule has 1 amide bonds. The lowest BCUT2D eigenvalue weighted by Crippen LogP contribution is -2.13. The van der Waals surface area contributed by atoms with Crippen molar-refractivity contribution in [2.45, 2.75) is 17.7 Å². The number of nitrogens with zero attached hydrogens (tertiary/aromatic N) is 2. The number of carbonyl (C=O) groups is 1. The molecule has 0 spiro atoms. The van der Waals surface area contributed by atoms with Gasteiger partial charge in [0, 0.05) is 35.5 Å². The van der Waals surface area contributed by atoms with Crippen LogP contribution in [-0.4, -0.2) is 30.5 Å². The van der Waals surface area contributed by atoms with Gasteiger partial charge in [-0.2, -0.15) is 0 Å². The molecule has 3 rings (SSSR count). The number of pyridine rings is 2. The highest BCUT2D eigenvalue weighted by Crippen LogP contribution is 2.29. The topological polar surface area (TPSA) is 103 Å². The van der Waals surface area contributed by atoms with Crippen molar-refractivity contribution in [2.24, 2.45) is 5.73 Å². The molecule has 1 atom stereocenters. The van der Waals surface area contributed by atoms with Gasteiger partial charge in [0.05, 0.1) is 10.4 Å². The summed E-state index contributed by atoms with van der Waals surface area (Å²) >= 11 is 0. The van der Waals surface area contributed by atoms with Gasteiger partial charge in [-0.15, -0.1) is 0 Å². The van der Waals surface area contributed by atoms with Gasteiger partial charge in [0.25, 0.3) is 5.91 Å². The van der Waals surface area contributed by atoms with E-state index in [9.17, 15) is 13.2 Å². The van der Waals surface area contributed by atoms with Crippen LogP contribution < -0.4 is 5.73 Å². The second-order valence-electron chi connectivity index (χ2n) is 5.92. The Hall–Kier alpha value is -2.80. The number of hydrogen-bond donors (Lipinski definition) is 1. The number of carbonyl (C=O) groups excluding carboxylic acids is 1. The van der Waals surface area contributed by atoms with Crippen LogP contribution in [0.3, 0.4) is 0 Å². The molecule has 2 N–H and O–H groups in total. The lowest BCUT2D eigenvalue weighted by Gasteiger charge is -2.15. The summed E-state index contributed by atoms with van der Waals surface area (Å²) in [5, 5.41) is 0.808. The summed E-state index contributed by atoms with van der Waals surface area (Å²) in [6, 6.07) is 10.1. The molecule has 3 aromatic rings. The summed E-state index contributed by atoms with van der Waals surface area (Å²) in [4.78, 5) is 20.3. The molecule has 0 aliphatic carbocycles. The van der Waals surface area contributed by atoms with E-state index in [0.717, 1.165) is 16.5 Å². The Labute approximate surface area is 145 Å². The summed E-state index contributed by atoms with van der Waals surface area (Å²) in [5.74, 6) is -0.671. The van der Waals surface area contributed by atoms with Crippen LogP contribution in [0, 0.1) is 0 Å². The van der Waals surface area contributed by atoms with Crippen LogP contribution >= 0.6 is 0 Å². The van der Waals surface area contributed by atoms with Crippen LogP contribution in [0.4, 0.5) is 0 Å². The molecule has 1 unspecified atom stereocenters. The Morgan fingerprint density at radius 3 is 2.36 bits per heavy atom. The predicted octanol–water partition coefficient (Wildman–Crippen LogP) is 2.28. The lowest BCUT2D eigenvalue weighted by molar-refractivity contribution is 0.0996. The van der Waals surface area contributed by atoms with Gasteiger partial charge in [-0.05, 0) is 29.8 Å². The van der Waals surface area contributed by atoms with Gasteiger partial charge in [0.2, 0.25) is 0 Å². The zero-order valence-electron chi connectivity index (χ0n) is 13.8. The number of nitrogens with two attached hydrogens (primary N) is 1. The van der Waals surface area contributed by atoms with Crippen molar-refractivity contribution in [3.63, 3.8) is 0 Å². The van der Waals surface area contributed by atoms with Gasteiger partial charge < -0.3 is 5.73 Å². The third kappa shape index (κ3) is 3.36. The minimum absolute atomic E-state index is 0.0829. The van der Waals surface area contributed by atoms with E-state index in [0.29, 0.717) is 5.52 Å². The van der Waals surface area contributed by atoms with Crippen molar-refractivity contribution >= 4 is 26.6 Å². The van der Waals surface area contributed by atoms with E-state index < -0.39 is 15.7 Å². The smallest absolute Gasteiger partial charge is 0.267 e. The minimum Gasteiger partial charge on any atom is -0.364 e. The summed E-state index contributed by atoms with van der Waals surface area (Å²) in [5.41, 5.74) is 7.94. The predicted molar refractivity (Wildman–Crippen MR) is 95.1 cm³/mol. The standard InChI is InChI=1S/C18H17N3O3S/c1-11(12-3-6-14(7-4-12)25(2,23)24)15-10-20-9-13-5-8-16(18(19)22)21-17(13)15/h3-11H,1-2H3,(H2,19,22). The number of rotatable bonds is 4. The highest BCUT2D eigenvalue weighted by molar-refractivity contribution is 7.90. The molecule has 0 fully saturated rings. The van der Waals surface area contributed by atoms with Gasteiger partial charge >= 0.3 is 0 Å². The zero-order chi connectivity index (χ0) is 18.2. The van der Waals surface area contributed by atoms with E-state index in [2.05, 4.69) is 9.97 Å². The van der Waals surface area contributed by atoms with Crippen molar-refractivity contribution in [1.82, 2.24) is 9.97 Å². The maximum Gasteiger partial charge on any atom is 0.267 e. The molecule has 2 heterocycles. The second-order valence-corrected chi connectivity index (χ2v) is 7.94. The third-order valence-electron chi connectivity index (χ3n) is 4.15. The summed E-state index contributed by atoms with van der Waals surface area (Å²) in [7, 11) is -3.24. The Bertz CT molecular complexity index is 1060. The van der Waals surface area contributed by atoms with Gasteiger partial charge in [-0.25, -0.2) is 13.4 Å². The molecular weight excluding hydrogens is 338 g/mol. The quantitative estimate of drug-likeness (QED) is 0.773. The SMILES string of the molecule is CC(c1ccc(S(C)(=O)=O)cc1)c1cncc2ccc(C(N)=O)nc12. The molecule has 6 nitrogen and oxygen atoms in total. The minimum atomic E-state index is -3.24. The van der Waals surface area contributed by atoms with E-state index in [-0.39, 0.29) is 16.5 Å². The number of sulfone groups is 1. The molecule has 25 heavy (non-hydrogen) atoms. The number of fused-ring (bicyclic) bond motifs is 1. The molecule has 0 radical (unpaired) electrons. The molecule has 0 bridgehead atoms. The number of primary amides is 1. The van der Waals surface area contributed by atoms with Crippen molar-refractivity contribution < 1.29 is 13.2 Å². The van der Waals surface area contributed by atoms with E-state index in [1.807, 2.05) is 6.92 Å². The molecule has 0 aliphatic rings. The first-order valence-electron chi connectivity index (χ1n) is 7.62. The average Bonchev–Trinajstić information content (AvgIpc) is 2.59. The van der Waals surface area contributed by atoms with E-state index in [1.54, 1.807) is 48.8 Å². The van der Waals surface area contributed by atoms with E-state index in [1.165, 1.54) is 6.26 Å². The maximum atomic E-state index is 11.6.